The van der Waals surface area contributed by atoms with Gasteiger partial charge in [0.1, 0.15) is 5.92 Å². The number of fused-ring (bicyclic) bond motifs is 1. The number of rotatable bonds is 6. The van der Waals surface area contributed by atoms with Gasteiger partial charge < -0.3 is 14.8 Å². The molecule has 1 atom stereocenters. The van der Waals surface area contributed by atoms with E-state index in [1.807, 2.05) is 78.9 Å². The predicted octanol–water partition coefficient (Wildman–Crippen LogP) is 5.62. The minimum atomic E-state index is -0.590. The second-order valence-corrected chi connectivity index (χ2v) is 7.84. The van der Waals surface area contributed by atoms with Crippen LogP contribution < -0.4 is 14.8 Å². The Labute approximate surface area is 197 Å². The van der Waals surface area contributed by atoms with Gasteiger partial charge in [-0.3, -0.25) is 14.8 Å². The Hall–Kier alpha value is -4.45. The van der Waals surface area contributed by atoms with Crippen molar-refractivity contribution in [2.24, 2.45) is 4.99 Å². The highest BCUT2D eigenvalue weighted by Gasteiger charge is 2.36. The van der Waals surface area contributed by atoms with E-state index in [1.165, 1.54) is 0 Å². The van der Waals surface area contributed by atoms with E-state index in [0.29, 0.717) is 22.9 Å². The highest BCUT2D eigenvalue weighted by Crippen LogP contribution is 2.42. The van der Waals surface area contributed by atoms with Crippen molar-refractivity contribution in [1.29, 1.82) is 0 Å². The average molecular weight is 450 g/mol. The van der Waals surface area contributed by atoms with Crippen LogP contribution in [0.2, 0.25) is 0 Å². The standard InChI is InChI=1S/C28H23N3O3/c1-33-24-16-21-23(17-25(24)34-2)31-28(32)26(21)27(19-8-4-3-5-9-19)30-20-13-11-18(12-14-20)22-10-6-7-15-29-22/h3-17,26H,1-2H3,(H,31,32). The second kappa shape index (κ2) is 9.19. The van der Waals surface area contributed by atoms with Crippen LogP contribution in [0.1, 0.15) is 17.0 Å². The van der Waals surface area contributed by atoms with Gasteiger partial charge in [0.25, 0.3) is 0 Å². The maximum atomic E-state index is 13.2. The van der Waals surface area contributed by atoms with Crippen LogP contribution in [-0.4, -0.2) is 30.8 Å². The lowest BCUT2D eigenvalue weighted by Gasteiger charge is -2.15. The van der Waals surface area contributed by atoms with Gasteiger partial charge in [-0.05, 0) is 41.5 Å². The van der Waals surface area contributed by atoms with E-state index in [-0.39, 0.29) is 5.91 Å². The first-order valence-electron chi connectivity index (χ1n) is 10.9. The smallest absolute Gasteiger partial charge is 0.238 e. The van der Waals surface area contributed by atoms with Crippen molar-refractivity contribution in [2.45, 2.75) is 5.92 Å². The van der Waals surface area contributed by atoms with Gasteiger partial charge in [-0.15, -0.1) is 0 Å². The summed E-state index contributed by atoms with van der Waals surface area (Å²) in [4.78, 5) is 22.6. The zero-order chi connectivity index (χ0) is 23.5. The molecule has 5 rings (SSSR count). The van der Waals surface area contributed by atoms with Crippen LogP contribution in [0.25, 0.3) is 11.3 Å². The molecular weight excluding hydrogens is 426 g/mol. The molecule has 6 heteroatoms. The lowest BCUT2D eigenvalue weighted by Crippen LogP contribution is -2.22. The number of hydrogen-bond donors (Lipinski definition) is 1. The molecule has 0 radical (unpaired) electrons. The number of nitrogens with one attached hydrogen (secondary N) is 1. The maximum absolute atomic E-state index is 13.2. The van der Waals surface area contributed by atoms with Crippen molar-refractivity contribution in [3.8, 4) is 22.8 Å². The minimum absolute atomic E-state index is 0.141. The molecule has 0 bridgehead atoms. The summed E-state index contributed by atoms with van der Waals surface area (Å²) >= 11 is 0. The summed E-state index contributed by atoms with van der Waals surface area (Å²) < 4.78 is 10.9. The fourth-order valence-corrected chi connectivity index (χ4v) is 4.14. The first-order valence-corrected chi connectivity index (χ1v) is 10.9. The van der Waals surface area contributed by atoms with Crippen molar-refractivity contribution in [1.82, 2.24) is 4.98 Å². The summed E-state index contributed by atoms with van der Waals surface area (Å²) in [5, 5.41) is 2.98. The molecule has 0 aliphatic carbocycles. The summed E-state index contributed by atoms with van der Waals surface area (Å²) in [6, 6.07) is 27.1. The molecule has 0 spiro atoms. The first-order chi connectivity index (χ1) is 16.7. The zero-order valence-corrected chi connectivity index (χ0v) is 18.9. The van der Waals surface area contributed by atoms with Crippen LogP contribution in [0.4, 0.5) is 11.4 Å². The van der Waals surface area contributed by atoms with E-state index in [2.05, 4.69) is 10.3 Å². The highest BCUT2D eigenvalue weighted by atomic mass is 16.5. The summed E-state index contributed by atoms with van der Waals surface area (Å²) in [6.45, 7) is 0. The van der Waals surface area contributed by atoms with Gasteiger partial charge in [-0.1, -0.05) is 48.5 Å². The lowest BCUT2D eigenvalue weighted by molar-refractivity contribution is -0.115. The molecule has 4 aromatic rings. The molecule has 6 nitrogen and oxygen atoms in total. The molecule has 0 fully saturated rings. The number of carbonyl (C=O) groups excluding carboxylic acids is 1. The van der Waals surface area contributed by atoms with Crippen LogP contribution in [-0.2, 0) is 4.79 Å². The number of hydrogen-bond acceptors (Lipinski definition) is 5. The lowest BCUT2D eigenvalue weighted by atomic mass is 9.90. The number of benzene rings is 3. The Kier molecular flexibility index (Phi) is 5.79. The summed E-state index contributed by atoms with van der Waals surface area (Å²) in [5.74, 6) is 0.395. The number of nitrogens with zero attached hydrogens (tertiary/aromatic N) is 2. The number of aromatic nitrogens is 1. The van der Waals surface area contributed by atoms with E-state index in [9.17, 15) is 4.79 Å². The van der Waals surface area contributed by atoms with E-state index in [1.54, 1.807) is 26.5 Å². The summed E-state index contributed by atoms with van der Waals surface area (Å²) in [7, 11) is 3.16. The van der Waals surface area contributed by atoms with Gasteiger partial charge in [-0.2, -0.15) is 0 Å². The fraction of sp³-hybridized carbons (Fsp3) is 0.107. The molecule has 0 saturated heterocycles. The number of carbonyl (C=O) groups is 1. The Morgan fingerprint density at radius 2 is 1.59 bits per heavy atom. The normalized spacial score (nSPS) is 14.9. The maximum Gasteiger partial charge on any atom is 0.238 e. The van der Waals surface area contributed by atoms with E-state index < -0.39 is 5.92 Å². The van der Waals surface area contributed by atoms with Crippen molar-refractivity contribution < 1.29 is 14.3 Å². The second-order valence-electron chi connectivity index (χ2n) is 7.84. The van der Waals surface area contributed by atoms with Crippen molar-refractivity contribution in [3.63, 3.8) is 0 Å². The van der Waals surface area contributed by atoms with E-state index in [0.717, 1.165) is 28.1 Å². The number of pyridine rings is 1. The molecule has 1 aliphatic rings. The van der Waals surface area contributed by atoms with Crippen molar-refractivity contribution in [2.75, 3.05) is 19.5 Å². The Bertz CT molecular complexity index is 1350. The summed E-state index contributed by atoms with van der Waals surface area (Å²) in [6.07, 6.45) is 1.77. The van der Waals surface area contributed by atoms with Gasteiger partial charge in [0, 0.05) is 23.5 Å². The largest absolute Gasteiger partial charge is 0.493 e. The third kappa shape index (κ3) is 4.01. The van der Waals surface area contributed by atoms with Crippen LogP contribution in [0.15, 0.2) is 96.1 Å². The molecule has 1 amide bonds. The van der Waals surface area contributed by atoms with Crippen molar-refractivity contribution >= 4 is 23.0 Å². The first kappa shape index (κ1) is 21.4. The van der Waals surface area contributed by atoms with Crippen LogP contribution in [0, 0.1) is 0 Å². The quantitative estimate of drug-likeness (QED) is 0.388. The minimum Gasteiger partial charge on any atom is -0.493 e. The molecular formula is C28H23N3O3. The number of ether oxygens (including phenoxy) is 2. The third-order valence-corrected chi connectivity index (χ3v) is 5.81. The van der Waals surface area contributed by atoms with Crippen molar-refractivity contribution in [3.05, 3.63) is 102 Å². The predicted molar refractivity (Wildman–Crippen MR) is 133 cm³/mol. The number of aliphatic imine (C=N–C) groups is 1. The van der Waals surface area contributed by atoms with E-state index >= 15 is 0 Å². The molecule has 3 aromatic carbocycles. The monoisotopic (exact) mass is 449 g/mol. The van der Waals surface area contributed by atoms with Crippen LogP contribution in [0.5, 0.6) is 11.5 Å². The van der Waals surface area contributed by atoms with Gasteiger partial charge in [0.15, 0.2) is 11.5 Å². The van der Waals surface area contributed by atoms with Crippen LogP contribution in [0.3, 0.4) is 0 Å². The number of methoxy groups -OCH3 is 2. The SMILES string of the molecule is COc1cc2c(cc1OC)C(C(=Nc1ccc(-c3ccccn3)cc1)c1ccccc1)C(=O)N2. The Balaban J connectivity index is 1.60. The Morgan fingerprint density at radius 3 is 2.26 bits per heavy atom. The molecule has 0 saturated carbocycles. The molecule has 1 aliphatic heterocycles. The van der Waals surface area contributed by atoms with E-state index in [4.69, 9.17) is 14.5 Å². The molecule has 2 heterocycles. The van der Waals surface area contributed by atoms with Gasteiger partial charge in [-0.25, -0.2) is 0 Å². The van der Waals surface area contributed by atoms with Gasteiger partial charge >= 0.3 is 0 Å². The highest BCUT2D eigenvalue weighted by molar-refractivity contribution is 6.24. The average Bonchev–Trinajstić information content (AvgIpc) is 3.22. The molecule has 1 N–H and O–H groups in total. The molecule has 168 valence electrons. The van der Waals surface area contributed by atoms with Gasteiger partial charge in [0.2, 0.25) is 5.91 Å². The molecule has 34 heavy (non-hydrogen) atoms. The fourth-order valence-electron chi connectivity index (χ4n) is 4.14. The molecule has 1 aromatic heterocycles. The zero-order valence-electron chi connectivity index (χ0n) is 18.9. The number of amides is 1. The third-order valence-electron chi connectivity index (χ3n) is 5.81. The van der Waals surface area contributed by atoms with Crippen LogP contribution >= 0.6 is 0 Å². The number of anilines is 1. The molecule has 1 unspecified atom stereocenters. The Morgan fingerprint density at radius 1 is 0.882 bits per heavy atom. The van der Waals surface area contributed by atoms with Gasteiger partial charge in [0.05, 0.1) is 31.3 Å². The topological polar surface area (TPSA) is 72.8 Å². The summed E-state index contributed by atoms with van der Waals surface area (Å²) in [5.41, 5.74) is 5.68.